The van der Waals surface area contributed by atoms with Gasteiger partial charge in [-0.3, -0.25) is 0 Å². The van der Waals surface area contributed by atoms with Crippen molar-refractivity contribution < 1.29 is 9.13 Å². The van der Waals surface area contributed by atoms with Crippen LogP contribution in [0.5, 0.6) is 5.75 Å². The summed E-state index contributed by atoms with van der Waals surface area (Å²) in [6.45, 7) is 2.71. The molecule has 0 amide bonds. The van der Waals surface area contributed by atoms with E-state index >= 15 is 0 Å². The smallest absolute Gasteiger partial charge is 0.138 e. The molecule has 2 rings (SSSR count). The van der Waals surface area contributed by atoms with E-state index in [-0.39, 0.29) is 5.82 Å². The number of benzene rings is 1. The molecular formula is C12H15ClFNO. The van der Waals surface area contributed by atoms with Gasteiger partial charge < -0.3 is 10.1 Å². The second kappa shape index (κ2) is 5.51. The van der Waals surface area contributed by atoms with Gasteiger partial charge in [0.15, 0.2) is 0 Å². The number of piperidine rings is 1. The maximum absolute atomic E-state index is 12.8. The molecule has 1 aliphatic rings. The summed E-state index contributed by atoms with van der Waals surface area (Å²) in [4.78, 5) is 0. The molecule has 16 heavy (non-hydrogen) atoms. The number of hydrogen-bond donors (Lipinski definition) is 1. The first-order chi connectivity index (χ1) is 7.75. The summed E-state index contributed by atoms with van der Waals surface area (Å²) in [5.41, 5.74) is 0. The Morgan fingerprint density at radius 2 is 2.38 bits per heavy atom. The van der Waals surface area contributed by atoms with Crippen LogP contribution in [0.15, 0.2) is 18.2 Å². The Hall–Kier alpha value is -0.800. The molecule has 0 aliphatic carbocycles. The average molecular weight is 244 g/mol. The van der Waals surface area contributed by atoms with Crippen LogP contribution in [0, 0.1) is 11.7 Å². The molecule has 88 valence electrons. The fraction of sp³-hybridized carbons (Fsp3) is 0.500. The van der Waals surface area contributed by atoms with E-state index in [9.17, 15) is 4.39 Å². The molecule has 1 aromatic rings. The molecule has 0 aromatic heterocycles. The molecule has 1 aromatic carbocycles. The predicted octanol–water partition coefficient (Wildman–Crippen LogP) is 2.86. The molecule has 1 atom stereocenters. The van der Waals surface area contributed by atoms with Gasteiger partial charge >= 0.3 is 0 Å². The van der Waals surface area contributed by atoms with Crippen molar-refractivity contribution >= 4 is 11.6 Å². The summed E-state index contributed by atoms with van der Waals surface area (Å²) in [5.74, 6) is 0.750. The lowest BCUT2D eigenvalue weighted by Crippen LogP contribution is -2.33. The zero-order chi connectivity index (χ0) is 11.4. The SMILES string of the molecule is Fc1ccc(OCC2CCCNC2)c(Cl)c1. The molecule has 1 fully saturated rings. The van der Waals surface area contributed by atoms with E-state index in [2.05, 4.69) is 5.32 Å². The van der Waals surface area contributed by atoms with Crippen molar-refractivity contribution in [2.45, 2.75) is 12.8 Å². The van der Waals surface area contributed by atoms with Crippen LogP contribution in [0.4, 0.5) is 4.39 Å². The van der Waals surface area contributed by atoms with E-state index in [4.69, 9.17) is 16.3 Å². The minimum Gasteiger partial charge on any atom is -0.492 e. The van der Waals surface area contributed by atoms with Crippen LogP contribution in [0.3, 0.4) is 0 Å². The molecule has 1 saturated heterocycles. The van der Waals surface area contributed by atoms with Crippen molar-refractivity contribution in [2.24, 2.45) is 5.92 Å². The lowest BCUT2D eigenvalue weighted by molar-refractivity contribution is 0.218. The van der Waals surface area contributed by atoms with E-state index in [0.717, 1.165) is 13.1 Å². The highest BCUT2D eigenvalue weighted by Gasteiger charge is 2.14. The fourth-order valence-corrected chi connectivity index (χ4v) is 2.09. The molecule has 1 heterocycles. The Morgan fingerprint density at radius 1 is 1.50 bits per heavy atom. The third kappa shape index (κ3) is 3.09. The Kier molecular flexibility index (Phi) is 4.02. The lowest BCUT2D eigenvalue weighted by Gasteiger charge is -2.22. The summed E-state index contributed by atoms with van der Waals surface area (Å²) >= 11 is 5.87. The Morgan fingerprint density at radius 3 is 3.06 bits per heavy atom. The quantitative estimate of drug-likeness (QED) is 0.882. The van der Waals surface area contributed by atoms with Gasteiger partial charge in [0.25, 0.3) is 0 Å². The van der Waals surface area contributed by atoms with E-state index in [1.54, 1.807) is 6.07 Å². The van der Waals surface area contributed by atoms with Crippen molar-refractivity contribution in [1.82, 2.24) is 5.32 Å². The number of halogens is 2. The highest BCUT2D eigenvalue weighted by molar-refractivity contribution is 6.32. The van der Waals surface area contributed by atoms with Crippen LogP contribution < -0.4 is 10.1 Å². The van der Waals surface area contributed by atoms with Gasteiger partial charge in [0.2, 0.25) is 0 Å². The largest absolute Gasteiger partial charge is 0.492 e. The molecule has 1 aliphatic heterocycles. The van der Waals surface area contributed by atoms with Gasteiger partial charge in [0, 0.05) is 12.5 Å². The van der Waals surface area contributed by atoms with Crippen LogP contribution in [0.2, 0.25) is 5.02 Å². The lowest BCUT2D eigenvalue weighted by atomic mass is 10.0. The fourth-order valence-electron chi connectivity index (χ4n) is 1.87. The second-order valence-electron chi connectivity index (χ2n) is 4.10. The summed E-state index contributed by atoms with van der Waals surface area (Å²) < 4.78 is 18.4. The standard InChI is InChI=1S/C12H15ClFNO/c13-11-6-10(14)3-4-12(11)16-8-9-2-1-5-15-7-9/h3-4,6,9,15H,1-2,5,7-8H2. The third-order valence-corrected chi connectivity index (χ3v) is 3.06. The predicted molar refractivity (Wildman–Crippen MR) is 62.5 cm³/mol. The van der Waals surface area contributed by atoms with Crippen LogP contribution in [0.1, 0.15) is 12.8 Å². The maximum Gasteiger partial charge on any atom is 0.138 e. The van der Waals surface area contributed by atoms with Crippen molar-refractivity contribution in [2.75, 3.05) is 19.7 Å². The van der Waals surface area contributed by atoms with Crippen molar-refractivity contribution in [3.63, 3.8) is 0 Å². The first-order valence-electron chi connectivity index (χ1n) is 5.54. The molecular weight excluding hydrogens is 229 g/mol. The minimum absolute atomic E-state index is 0.336. The highest BCUT2D eigenvalue weighted by atomic mass is 35.5. The van der Waals surface area contributed by atoms with Gasteiger partial charge in [0.1, 0.15) is 11.6 Å². The van der Waals surface area contributed by atoms with Crippen LogP contribution >= 0.6 is 11.6 Å². The topological polar surface area (TPSA) is 21.3 Å². The van der Waals surface area contributed by atoms with Gasteiger partial charge in [0.05, 0.1) is 11.6 Å². The summed E-state index contributed by atoms with van der Waals surface area (Å²) in [6.07, 6.45) is 2.36. The molecule has 1 N–H and O–H groups in total. The van der Waals surface area contributed by atoms with Crippen molar-refractivity contribution in [3.8, 4) is 5.75 Å². The Balaban J connectivity index is 1.88. The third-order valence-electron chi connectivity index (χ3n) is 2.77. The summed E-state index contributed by atoms with van der Waals surface area (Å²) in [5, 5.41) is 3.66. The average Bonchev–Trinajstić information content (AvgIpc) is 2.29. The Labute approximate surface area is 99.7 Å². The maximum atomic E-state index is 12.8. The summed E-state index contributed by atoms with van der Waals surface area (Å²) in [7, 11) is 0. The number of nitrogens with one attached hydrogen (secondary N) is 1. The molecule has 2 nitrogen and oxygen atoms in total. The van der Waals surface area contributed by atoms with Crippen LogP contribution in [-0.4, -0.2) is 19.7 Å². The van der Waals surface area contributed by atoms with Gasteiger partial charge in [-0.25, -0.2) is 4.39 Å². The minimum atomic E-state index is -0.336. The summed E-state index contributed by atoms with van der Waals surface area (Å²) in [6, 6.07) is 4.21. The van der Waals surface area contributed by atoms with E-state index in [1.807, 2.05) is 0 Å². The van der Waals surface area contributed by atoms with Gasteiger partial charge in [-0.2, -0.15) is 0 Å². The van der Waals surface area contributed by atoms with Gasteiger partial charge in [-0.05, 0) is 37.6 Å². The first kappa shape index (κ1) is 11.7. The first-order valence-corrected chi connectivity index (χ1v) is 5.92. The molecule has 1 unspecified atom stereocenters. The zero-order valence-electron chi connectivity index (χ0n) is 9.01. The Bertz CT molecular complexity index is 353. The number of rotatable bonds is 3. The molecule has 0 radical (unpaired) electrons. The zero-order valence-corrected chi connectivity index (χ0v) is 9.77. The molecule has 4 heteroatoms. The monoisotopic (exact) mass is 243 g/mol. The second-order valence-corrected chi connectivity index (χ2v) is 4.51. The number of ether oxygens (including phenoxy) is 1. The van der Waals surface area contributed by atoms with Crippen LogP contribution in [-0.2, 0) is 0 Å². The highest BCUT2D eigenvalue weighted by Crippen LogP contribution is 2.25. The molecule has 0 spiro atoms. The van der Waals surface area contributed by atoms with E-state index < -0.39 is 0 Å². The molecule has 0 bridgehead atoms. The molecule has 0 saturated carbocycles. The van der Waals surface area contributed by atoms with E-state index in [0.29, 0.717) is 23.3 Å². The van der Waals surface area contributed by atoms with Gasteiger partial charge in [-0.1, -0.05) is 11.6 Å². The number of hydrogen-bond acceptors (Lipinski definition) is 2. The van der Waals surface area contributed by atoms with Crippen molar-refractivity contribution in [1.29, 1.82) is 0 Å². The van der Waals surface area contributed by atoms with Crippen molar-refractivity contribution in [3.05, 3.63) is 29.0 Å². The normalized spacial score (nSPS) is 20.8. The van der Waals surface area contributed by atoms with E-state index in [1.165, 1.54) is 25.0 Å². The van der Waals surface area contributed by atoms with Gasteiger partial charge in [-0.15, -0.1) is 0 Å². The van der Waals surface area contributed by atoms with Crippen LogP contribution in [0.25, 0.3) is 0 Å².